The Kier molecular flexibility index (Phi) is 7.14. The van der Waals surface area contributed by atoms with Crippen LogP contribution in [0.1, 0.15) is 30.6 Å². The first-order chi connectivity index (χ1) is 16.1. The smallest absolute Gasteiger partial charge is 0.338 e. The number of imide groups is 1. The number of nitrogens with zero attached hydrogens (tertiary/aromatic N) is 1. The molecular weight excluding hydrogens is 576 g/mol. The normalized spacial score (nSPS) is 30.2. The number of carbonyl (C=O) groups excluding carboxylic acids is 5. The molecule has 2 saturated carbocycles. The lowest BCUT2D eigenvalue weighted by Gasteiger charge is -2.28. The monoisotopic (exact) mass is 598 g/mol. The summed E-state index contributed by atoms with van der Waals surface area (Å²) in [5.41, 5.74) is 0.750. The van der Waals surface area contributed by atoms with Gasteiger partial charge in [0, 0.05) is 15.3 Å². The van der Waals surface area contributed by atoms with Gasteiger partial charge in [-0.05, 0) is 56.4 Å². The minimum absolute atomic E-state index is 0.0463. The van der Waals surface area contributed by atoms with Gasteiger partial charge in [0.1, 0.15) is 6.04 Å². The summed E-state index contributed by atoms with van der Waals surface area (Å²) in [6.07, 6.45) is 0.798. The Morgan fingerprint density at radius 2 is 1.59 bits per heavy atom. The molecule has 182 valence electrons. The van der Waals surface area contributed by atoms with Crippen molar-refractivity contribution in [3.63, 3.8) is 0 Å². The Bertz CT molecular complexity index is 999. The van der Waals surface area contributed by atoms with Gasteiger partial charge in [-0.3, -0.25) is 19.3 Å². The van der Waals surface area contributed by atoms with Gasteiger partial charge in [0.2, 0.25) is 11.8 Å². The van der Waals surface area contributed by atoms with Crippen molar-refractivity contribution in [3.05, 3.63) is 29.8 Å². The lowest BCUT2D eigenvalue weighted by Crippen LogP contribution is -2.45. The van der Waals surface area contributed by atoms with Gasteiger partial charge in [-0.1, -0.05) is 31.9 Å². The van der Waals surface area contributed by atoms with Crippen LogP contribution in [0.2, 0.25) is 0 Å². The summed E-state index contributed by atoms with van der Waals surface area (Å²) in [6.45, 7) is 2.82. The van der Waals surface area contributed by atoms with Crippen molar-refractivity contribution in [2.45, 2.75) is 36.0 Å². The third-order valence-corrected chi connectivity index (χ3v) is 9.98. The fraction of sp³-hybridized carbons (Fsp3) is 0.522. The van der Waals surface area contributed by atoms with Crippen molar-refractivity contribution in [2.75, 3.05) is 18.5 Å². The predicted octanol–water partition coefficient (Wildman–Crippen LogP) is 2.51. The van der Waals surface area contributed by atoms with Crippen LogP contribution in [-0.4, -0.2) is 63.5 Å². The number of amides is 3. The van der Waals surface area contributed by atoms with Crippen molar-refractivity contribution in [1.29, 1.82) is 0 Å². The van der Waals surface area contributed by atoms with E-state index < -0.39 is 42.3 Å². The number of fused-ring (bicyclic) bond motifs is 5. The van der Waals surface area contributed by atoms with Crippen LogP contribution in [0.25, 0.3) is 0 Å². The van der Waals surface area contributed by atoms with Gasteiger partial charge >= 0.3 is 11.9 Å². The maximum atomic E-state index is 13.0. The number of halogens is 2. The second-order valence-corrected chi connectivity index (χ2v) is 10.8. The second-order valence-electron chi connectivity index (χ2n) is 8.68. The molecule has 1 saturated heterocycles. The first kappa shape index (κ1) is 24.8. The standard InChI is InChI=1S/C23H24Br2N2O7/c1-3-33-23(32)11-4-6-12(7-5-11)26-15(28)9-34-22(31)10(2)27-20(29)16-13-8-14(17(16)21(27)30)19(25)18(13)24/h4-7,10,13-14,16-19H,3,8-9H2,1-2H3,(H,26,28)/t10-,13+,14+,16+,17+,18-,19-/m0/s1. The molecular formula is C23H24Br2N2O7. The number of nitrogens with one attached hydrogen (secondary N) is 1. The number of rotatable bonds is 7. The molecule has 34 heavy (non-hydrogen) atoms. The summed E-state index contributed by atoms with van der Waals surface area (Å²) in [6, 6.07) is 4.94. The summed E-state index contributed by atoms with van der Waals surface area (Å²) in [4.78, 5) is 63.7. The zero-order valence-corrected chi connectivity index (χ0v) is 21.7. The molecule has 1 aliphatic heterocycles. The minimum atomic E-state index is -1.12. The third-order valence-electron chi connectivity index (χ3n) is 6.77. The number of alkyl halides is 2. The molecule has 9 nitrogen and oxygen atoms in total. The largest absolute Gasteiger partial charge is 0.462 e. The van der Waals surface area contributed by atoms with E-state index in [0.717, 1.165) is 11.3 Å². The molecule has 7 atom stereocenters. The van der Waals surface area contributed by atoms with Crippen molar-refractivity contribution in [1.82, 2.24) is 4.90 Å². The van der Waals surface area contributed by atoms with Crippen LogP contribution in [0.3, 0.4) is 0 Å². The molecule has 1 aromatic rings. The Hall–Kier alpha value is -2.27. The minimum Gasteiger partial charge on any atom is -0.462 e. The zero-order valence-electron chi connectivity index (χ0n) is 18.5. The second kappa shape index (κ2) is 9.77. The molecule has 0 spiro atoms. The molecule has 2 bridgehead atoms. The van der Waals surface area contributed by atoms with E-state index in [2.05, 4.69) is 37.2 Å². The lowest BCUT2D eigenvalue weighted by atomic mass is 9.81. The molecule has 4 rings (SSSR count). The Morgan fingerprint density at radius 3 is 2.12 bits per heavy atom. The van der Waals surface area contributed by atoms with E-state index in [0.29, 0.717) is 11.3 Å². The number of likely N-dealkylation sites (tertiary alicyclic amines) is 1. The van der Waals surface area contributed by atoms with Gasteiger partial charge < -0.3 is 14.8 Å². The molecule has 11 heteroatoms. The molecule has 3 fully saturated rings. The molecule has 0 aromatic heterocycles. The molecule has 3 amide bonds. The average molecular weight is 600 g/mol. The number of carbonyl (C=O) groups is 5. The van der Waals surface area contributed by atoms with Gasteiger partial charge in [-0.2, -0.15) is 0 Å². The molecule has 1 aromatic carbocycles. The van der Waals surface area contributed by atoms with Gasteiger partial charge in [-0.25, -0.2) is 9.59 Å². The van der Waals surface area contributed by atoms with E-state index in [1.54, 1.807) is 6.92 Å². The van der Waals surface area contributed by atoms with E-state index in [1.807, 2.05) is 0 Å². The van der Waals surface area contributed by atoms with E-state index in [1.165, 1.54) is 31.2 Å². The molecule has 0 radical (unpaired) electrons. The van der Waals surface area contributed by atoms with E-state index in [4.69, 9.17) is 9.47 Å². The van der Waals surface area contributed by atoms with Crippen LogP contribution in [0, 0.1) is 23.7 Å². The van der Waals surface area contributed by atoms with Crippen LogP contribution in [0.5, 0.6) is 0 Å². The highest BCUT2D eigenvalue weighted by molar-refractivity contribution is 9.12. The van der Waals surface area contributed by atoms with Crippen LogP contribution >= 0.6 is 31.9 Å². The summed E-state index contributed by atoms with van der Waals surface area (Å²) in [5, 5.41) is 2.56. The van der Waals surface area contributed by atoms with Crippen molar-refractivity contribution < 1.29 is 33.4 Å². The summed E-state index contributed by atoms with van der Waals surface area (Å²) in [5.74, 6) is -3.34. The summed E-state index contributed by atoms with van der Waals surface area (Å²) in [7, 11) is 0. The maximum Gasteiger partial charge on any atom is 0.338 e. The van der Waals surface area contributed by atoms with Gasteiger partial charge in [0.05, 0.1) is 24.0 Å². The summed E-state index contributed by atoms with van der Waals surface area (Å²) < 4.78 is 9.99. The topological polar surface area (TPSA) is 119 Å². The van der Waals surface area contributed by atoms with Gasteiger partial charge in [0.15, 0.2) is 6.61 Å². The number of anilines is 1. The summed E-state index contributed by atoms with van der Waals surface area (Å²) >= 11 is 7.26. The molecule has 1 heterocycles. The molecule has 3 aliphatic rings. The Labute approximate surface area is 213 Å². The van der Waals surface area contributed by atoms with E-state index in [-0.39, 0.29) is 39.9 Å². The van der Waals surface area contributed by atoms with Crippen LogP contribution < -0.4 is 5.32 Å². The van der Waals surface area contributed by atoms with Crippen molar-refractivity contribution in [2.24, 2.45) is 23.7 Å². The maximum absolute atomic E-state index is 13.0. The molecule has 0 unspecified atom stereocenters. The van der Waals surface area contributed by atoms with Crippen LogP contribution in [0.15, 0.2) is 24.3 Å². The Morgan fingerprint density at radius 1 is 1.03 bits per heavy atom. The first-order valence-corrected chi connectivity index (χ1v) is 12.9. The van der Waals surface area contributed by atoms with E-state index >= 15 is 0 Å². The number of esters is 2. The van der Waals surface area contributed by atoms with Crippen molar-refractivity contribution in [3.8, 4) is 0 Å². The third kappa shape index (κ3) is 4.28. The SMILES string of the molecule is CCOC(=O)c1ccc(NC(=O)COC(=O)[C@H](C)N2C(=O)[C@@H]3[C@H]4C[C@@H]([C@H](Br)[C@H]4Br)[C@H]3C2=O)cc1. The van der Waals surface area contributed by atoms with Gasteiger partial charge in [-0.15, -0.1) is 0 Å². The number of ether oxygens (including phenoxy) is 2. The number of hydrogen-bond acceptors (Lipinski definition) is 7. The molecule has 2 aliphatic carbocycles. The van der Waals surface area contributed by atoms with Crippen LogP contribution in [-0.2, 0) is 28.7 Å². The Balaban J connectivity index is 1.31. The zero-order chi connectivity index (χ0) is 24.7. The highest BCUT2D eigenvalue weighted by Gasteiger charge is 2.67. The highest BCUT2D eigenvalue weighted by Crippen LogP contribution is 2.60. The average Bonchev–Trinajstić information content (AvgIpc) is 3.42. The highest BCUT2D eigenvalue weighted by atomic mass is 79.9. The number of benzene rings is 1. The molecule has 1 N–H and O–H groups in total. The van der Waals surface area contributed by atoms with E-state index in [9.17, 15) is 24.0 Å². The van der Waals surface area contributed by atoms with Crippen molar-refractivity contribution >= 4 is 67.2 Å². The lowest BCUT2D eigenvalue weighted by molar-refractivity contribution is -0.159. The first-order valence-electron chi connectivity index (χ1n) is 11.0. The number of hydrogen-bond donors (Lipinski definition) is 1. The quantitative estimate of drug-likeness (QED) is 0.290. The predicted molar refractivity (Wildman–Crippen MR) is 127 cm³/mol. The van der Waals surface area contributed by atoms with Crippen LogP contribution in [0.4, 0.5) is 5.69 Å². The fourth-order valence-electron chi connectivity index (χ4n) is 5.22. The fourth-order valence-corrected chi connectivity index (χ4v) is 7.09. The van der Waals surface area contributed by atoms with Gasteiger partial charge in [0.25, 0.3) is 5.91 Å².